The molecule has 0 radical (unpaired) electrons. The molecule has 2 aromatic carbocycles. The Morgan fingerprint density at radius 1 is 1.18 bits per heavy atom. The quantitative estimate of drug-likeness (QED) is 0.492. The normalized spacial score (nSPS) is 14.1. The van der Waals surface area contributed by atoms with E-state index in [-0.39, 0.29) is 23.2 Å². The summed E-state index contributed by atoms with van der Waals surface area (Å²) >= 11 is 0. The molecule has 0 saturated heterocycles. The SMILES string of the molecule is CCC(c1ncc(C2CC2)c(=O)n1Cc1ccccc1)N(CCNC)C(=O)c1ccc(F)cc1. The van der Waals surface area contributed by atoms with Gasteiger partial charge in [0.2, 0.25) is 0 Å². The van der Waals surface area contributed by atoms with Gasteiger partial charge in [-0.2, -0.15) is 0 Å². The lowest BCUT2D eigenvalue weighted by molar-refractivity contribution is 0.0659. The van der Waals surface area contributed by atoms with Crippen molar-refractivity contribution in [2.45, 2.75) is 44.7 Å². The van der Waals surface area contributed by atoms with Crippen molar-refractivity contribution in [2.75, 3.05) is 20.1 Å². The first-order valence-corrected chi connectivity index (χ1v) is 11.9. The van der Waals surface area contributed by atoms with Crippen LogP contribution in [0.3, 0.4) is 0 Å². The summed E-state index contributed by atoms with van der Waals surface area (Å²) in [5.74, 6) is 0.248. The minimum Gasteiger partial charge on any atom is -0.327 e. The fourth-order valence-corrected chi connectivity index (χ4v) is 4.31. The van der Waals surface area contributed by atoms with Gasteiger partial charge in [0.25, 0.3) is 11.5 Å². The first-order valence-electron chi connectivity index (χ1n) is 11.9. The molecule has 1 N–H and O–H groups in total. The minimum absolute atomic E-state index is 0.0300. The lowest BCUT2D eigenvalue weighted by Crippen LogP contribution is -2.42. The monoisotopic (exact) mass is 462 g/mol. The summed E-state index contributed by atoms with van der Waals surface area (Å²) in [4.78, 5) is 33.6. The third kappa shape index (κ3) is 5.25. The molecule has 1 aliphatic rings. The van der Waals surface area contributed by atoms with E-state index in [0.717, 1.165) is 24.0 Å². The van der Waals surface area contributed by atoms with Gasteiger partial charge in [0, 0.05) is 30.4 Å². The molecule has 1 aliphatic carbocycles. The Bertz CT molecular complexity index is 1170. The maximum atomic E-state index is 13.6. The summed E-state index contributed by atoms with van der Waals surface area (Å²) < 4.78 is 15.2. The van der Waals surface area contributed by atoms with Gasteiger partial charge in [0.05, 0.1) is 12.6 Å². The van der Waals surface area contributed by atoms with Gasteiger partial charge in [-0.15, -0.1) is 0 Å². The molecule has 3 aromatic rings. The number of hydrogen-bond donors (Lipinski definition) is 1. The van der Waals surface area contributed by atoms with Crippen LogP contribution in [0, 0.1) is 5.82 Å². The number of nitrogens with zero attached hydrogens (tertiary/aromatic N) is 3. The van der Waals surface area contributed by atoms with Crippen molar-refractivity contribution in [3.8, 4) is 0 Å². The highest BCUT2D eigenvalue weighted by Gasteiger charge is 2.32. The van der Waals surface area contributed by atoms with Crippen molar-refractivity contribution in [1.82, 2.24) is 19.8 Å². The molecule has 1 fully saturated rings. The molecule has 4 rings (SSSR count). The van der Waals surface area contributed by atoms with Crippen LogP contribution < -0.4 is 10.9 Å². The molecule has 1 heterocycles. The number of carbonyl (C=O) groups excluding carboxylic acids is 1. The number of rotatable bonds is 10. The van der Waals surface area contributed by atoms with Gasteiger partial charge in [-0.25, -0.2) is 9.37 Å². The van der Waals surface area contributed by atoms with Crippen LogP contribution in [0.15, 0.2) is 65.6 Å². The number of hydrogen-bond acceptors (Lipinski definition) is 4. The van der Waals surface area contributed by atoms with E-state index in [1.165, 1.54) is 24.3 Å². The number of halogens is 1. The first kappa shape index (κ1) is 23.8. The van der Waals surface area contributed by atoms with E-state index < -0.39 is 6.04 Å². The Labute approximate surface area is 199 Å². The zero-order chi connectivity index (χ0) is 24.1. The lowest BCUT2D eigenvalue weighted by atomic mass is 10.1. The zero-order valence-corrected chi connectivity index (χ0v) is 19.7. The van der Waals surface area contributed by atoms with E-state index in [0.29, 0.717) is 37.4 Å². The van der Waals surface area contributed by atoms with Crippen molar-refractivity contribution in [2.24, 2.45) is 0 Å². The number of carbonyl (C=O) groups is 1. The van der Waals surface area contributed by atoms with Gasteiger partial charge in [0.15, 0.2) is 0 Å². The molecule has 34 heavy (non-hydrogen) atoms. The van der Waals surface area contributed by atoms with E-state index in [4.69, 9.17) is 4.98 Å². The highest BCUT2D eigenvalue weighted by molar-refractivity contribution is 5.94. The molecule has 0 bridgehead atoms. The van der Waals surface area contributed by atoms with Crippen LogP contribution in [0.1, 0.15) is 65.5 Å². The number of likely N-dealkylation sites (N-methyl/N-ethyl adjacent to an activating group) is 1. The van der Waals surface area contributed by atoms with Gasteiger partial charge in [-0.3, -0.25) is 14.2 Å². The largest absolute Gasteiger partial charge is 0.327 e. The molecule has 0 aliphatic heterocycles. The molecule has 7 heteroatoms. The van der Waals surface area contributed by atoms with Gasteiger partial charge in [-0.1, -0.05) is 37.3 Å². The third-order valence-corrected chi connectivity index (χ3v) is 6.32. The van der Waals surface area contributed by atoms with E-state index in [2.05, 4.69) is 5.32 Å². The van der Waals surface area contributed by atoms with Gasteiger partial charge in [-0.05, 0) is 62.1 Å². The van der Waals surface area contributed by atoms with Crippen molar-refractivity contribution in [1.29, 1.82) is 0 Å². The van der Waals surface area contributed by atoms with Crippen LogP contribution in [0.2, 0.25) is 0 Å². The maximum absolute atomic E-state index is 13.6. The molecule has 1 amide bonds. The first-order chi connectivity index (χ1) is 16.5. The van der Waals surface area contributed by atoms with E-state index in [1.54, 1.807) is 15.7 Å². The van der Waals surface area contributed by atoms with E-state index in [1.807, 2.05) is 44.3 Å². The Kier molecular flexibility index (Phi) is 7.53. The summed E-state index contributed by atoms with van der Waals surface area (Å²) in [6.07, 6.45) is 4.31. The van der Waals surface area contributed by atoms with Crippen molar-refractivity contribution < 1.29 is 9.18 Å². The average molecular weight is 463 g/mol. The minimum atomic E-state index is -0.407. The molecule has 0 spiro atoms. The topological polar surface area (TPSA) is 67.2 Å². The van der Waals surface area contributed by atoms with E-state index >= 15 is 0 Å². The van der Waals surface area contributed by atoms with Crippen LogP contribution in [-0.2, 0) is 6.54 Å². The van der Waals surface area contributed by atoms with Crippen LogP contribution >= 0.6 is 0 Å². The summed E-state index contributed by atoms with van der Waals surface area (Å²) in [5, 5.41) is 3.10. The molecule has 1 atom stereocenters. The lowest BCUT2D eigenvalue weighted by Gasteiger charge is -2.32. The number of nitrogens with one attached hydrogen (secondary N) is 1. The molecule has 1 saturated carbocycles. The Morgan fingerprint density at radius 3 is 2.50 bits per heavy atom. The summed E-state index contributed by atoms with van der Waals surface area (Å²) in [6, 6.07) is 15.0. The average Bonchev–Trinajstić information content (AvgIpc) is 3.69. The summed E-state index contributed by atoms with van der Waals surface area (Å²) in [7, 11) is 1.83. The predicted molar refractivity (Wildman–Crippen MR) is 130 cm³/mol. The van der Waals surface area contributed by atoms with Crippen LogP contribution in [-0.4, -0.2) is 40.5 Å². The molecular weight excluding hydrogens is 431 g/mol. The molecular formula is C27H31FN4O2. The fraction of sp³-hybridized carbons (Fsp3) is 0.370. The van der Waals surface area contributed by atoms with Crippen LogP contribution in [0.4, 0.5) is 4.39 Å². The van der Waals surface area contributed by atoms with E-state index in [9.17, 15) is 14.0 Å². The highest BCUT2D eigenvalue weighted by Crippen LogP contribution is 2.38. The second kappa shape index (κ2) is 10.7. The zero-order valence-electron chi connectivity index (χ0n) is 19.7. The van der Waals surface area contributed by atoms with Gasteiger partial charge in [0.1, 0.15) is 11.6 Å². The Hall–Kier alpha value is -3.32. The smallest absolute Gasteiger partial charge is 0.257 e. The van der Waals surface area contributed by atoms with Gasteiger partial charge >= 0.3 is 0 Å². The Morgan fingerprint density at radius 2 is 1.88 bits per heavy atom. The molecule has 6 nitrogen and oxygen atoms in total. The molecule has 1 unspecified atom stereocenters. The number of benzene rings is 2. The van der Waals surface area contributed by atoms with Crippen molar-refractivity contribution >= 4 is 5.91 Å². The summed E-state index contributed by atoms with van der Waals surface area (Å²) in [6.45, 7) is 3.38. The number of amides is 1. The fourth-order valence-electron chi connectivity index (χ4n) is 4.31. The second-order valence-electron chi connectivity index (χ2n) is 8.76. The molecule has 1 aromatic heterocycles. The highest BCUT2D eigenvalue weighted by atomic mass is 19.1. The molecule has 178 valence electrons. The predicted octanol–water partition coefficient (Wildman–Crippen LogP) is 4.12. The van der Waals surface area contributed by atoms with Crippen LogP contribution in [0.5, 0.6) is 0 Å². The number of aromatic nitrogens is 2. The van der Waals surface area contributed by atoms with Gasteiger partial charge < -0.3 is 10.2 Å². The third-order valence-electron chi connectivity index (χ3n) is 6.32. The standard InChI is InChI=1S/C27H31FN4O2/c1-3-24(31(16-15-29-2)26(33)21-11-13-22(28)14-12-21)25-30-17-23(20-9-10-20)27(34)32(25)18-19-7-5-4-6-8-19/h4-8,11-14,17,20,24,29H,3,9-10,15-16,18H2,1-2H3. The Balaban J connectivity index is 1.77. The maximum Gasteiger partial charge on any atom is 0.257 e. The second-order valence-corrected chi connectivity index (χ2v) is 8.76. The van der Waals surface area contributed by atoms with Crippen LogP contribution in [0.25, 0.3) is 0 Å². The van der Waals surface area contributed by atoms with Crippen molar-refractivity contribution in [3.05, 3.63) is 99.5 Å². The summed E-state index contributed by atoms with van der Waals surface area (Å²) in [5.41, 5.74) is 2.13. The van der Waals surface area contributed by atoms with Crippen molar-refractivity contribution in [3.63, 3.8) is 0 Å².